The number of hydrogen-bond donors (Lipinski definition) is 1. The Morgan fingerprint density at radius 3 is 2.58 bits per heavy atom. The molecule has 38 heavy (non-hydrogen) atoms. The summed E-state index contributed by atoms with van der Waals surface area (Å²) in [6.45, 7) is 16.6. The molecule has 0 aromatic carbocycles. The summed E-state index contributed by atoms with van der Waals surface area (Å²) in [6.07, 6.45) is 17.0. The lowest BCUT2D eigenvalue weighted by Gasteiger charge is -2.55. The second kappa shape index (κ2) is 12.6. The third-order valence-electron chi connectivity index (χ3n) is 10.1. The lowest BCUT2D eigenvalue weighted by Crippen LogP contribution is -2.61. The normalized spacial score (nSPS) is 31.7. The van der Waals surface area contributed by atoms with E-state index in [2.05, 4.69) is 57.8 Å². The quantitative estimate of drug-likeness (QED) is 0.237. The number of halogens is 1. The summed E-state index contributed by atoms with van der Waals surface area (Å²) in [5.41, 5.74) is 1.56. The number of rotatable bonds is 9. The van der Waals surface area contributed by atoms with Gasteiger partial charge in [-0.3, -0.25) is 4.90 Å². The molecule has 0 aromatic heterocycles. The molecule has 3 heterocycles. The van der Waals surface area contributed by atoms with E-state index in [1.54, 1.807) is 6.08 Å². The van der Waals surface area contributed by atoms with Crippen LogP contribution in [0.25, 0.3) is 0 Å². The molecule has 2 saturated heterocycles. The van der Waals surface area contributed by atoms with Crippen LogP contribution in [0, 0.1) is 11.8 Å². The number of aliphatic hydroxyl groups is 1. The fraction of sp³-hybridized carbons (Fsp3) is 0.806. The molecule has 5 atom stereocenters. The lowest BCUT2D eigenvalue weighted by molar-refractivity contribution is -0.0577. The van der Waals surface area contributed by atoms with Gasteiger partial charge < -0.3 is 19.0 Å². The van der Waals surface area contributed by atoms with Crippen LogP contribution >= 0.6 is 11.6 Å². The summed E-state index contributed by atoms with van der Waals surface area (Å²) < 4.78 is 18.0. The number of fused-ring (bicyclic) bond motifs is 2. The molecule has 1 spiro atoms. The van der Waals surface area contributed by atoms with E-state index < -0.39 is 14.4 Å². The van der Waals surface area contributed by atoms with E-state index in [-0.39, 0.29) is 16.9 Å². The Balaban J connectivity index is 1.36. The van der Waals surface area contributed by atoms with E-state index in [9.17, 15) is 5.11 Å². The SMILES string of the molecule is C[C@@H](/C=C/C(O)/C=C(\Cl)CCO[Si](C)(C)C(C)(C)C)[C@H]1CCC[C@]12CCC[C@@H]1CC=C(C3OCCO3)CN12. The molecule has 0 aromatic rings. The summed E-state index contributed by atoms with van der Waals surface area (Å²) in [7, 11) is -1.79. The zero-order valence-corrected chi connectivity index (χ0v) is 26.4. The van der Waals surface area contributed by atoms with Gasteiger partial charge >= 0.3 is 0 Å². The molecule has 0 radical (unpaired) electrons. The molecule has 3 fully saturated rings. The maximum Gasteiger partial charge on any atom is 0.191 e. The van der Waals surface area contributed by atoms with Crippen molar-refractivity contribution in [2.75, 3.05) is 26.4 Å². The van der Waals surface area contributed by atoms with Gasteiger partial charge in [-0.1, -0.05) is 70.4 Å². The van der Waals surface area contributed by atoms with Crippen LogP contribution in [0.1, 0.15) is 79.1 Å². The zero-order chi connectivity index (χ0) is 27.6. The summed E-state index contributed by atoms with van der Waals surface area (Å²) in [5.74, 6) is 0.990. The number of aliphatic hydroxyl groups excluding tert-OH is 1. The van der Waals surface area contributed by atoms with Crippen LogP contribution < -0.4 is 0 Å². The van der Waals surface area contributed by atoms with Crippen LogP contribution in [0.15, 0.2) is 34.9 Å². The Morgan fingerprint density at radius 2 is 1.89 bits per heavy atom. The second-order valence-corrected chi connectivity index (χ2v) is 18.9. The Kier molecular flexibility index (Phi) is 10.1. The predicted octanol–water partition coefficient (Wildman–Crippen LogP) is 7.17. The van der Waals surface area contributed by atoms with Crippen molar-refractivity contribution >= 4 is 19.9 Å². The van der Waals surface area contributed by atoms with Crippen molar-refractivity contribution in [1.29, 1.82) is 0 Å². The summed E-state index contributed by atoms with van der Waals surface area (Å²) in [4.78, 5) is 2.84. The van der Waals surface area contributed by atoms with Crippen molar-refractivity contribution in [3.63, 3.8) is 0 Å². The highest BCUT2D eigenvalue weighted by Gasteiger charge is 2.53. The van der Waals surface area contributed by atoms with Gasteiger partial charge in [0.15, 0.2) is 14.6 Å². The van der Waals surface area contributed by atoms with E-state index in [1.165, 1.54) is 44.1 Å². The first-order valence-electron chi connectivity index (χ1n) is 15.0. The highest BCUT2D eigenvalue weighted by molar-refractivity contribution is 6.74. The molecule has 1 saturated carbocycles. The number of piperidine rings is 1. The van der Waals surface area contributed by atoms with Crippen molar-refractivity contribution in [2.24, 2.45) is 11.8 Å². The fourth-order valence-corrected chi connectivity index (χ4v) is 8.25. The fourth-order valence-electron chi connectivity index (χ4n) is 7.00. The highest BCUT2D eigenvalue weighted by atomic mass is 35.5. The third kappa shape index (κ3) is 6.87. The van der Waals surface area contributed by atoms with Gasteiger partial charge in [0.05, 0.1) is 19.3 Å². The maximum atomic E-state index is 10.7. The molecular weight excluding hydrogens is 514 g/mol. The van der Waals surface area contributed by atoms with Crippen LogP contribution in [0.5, 0.6) is 0 Å². The topological polar surface area (TPSA) is 51.2 Å². The average molecular weight is 566 g/mol. The van der Waals surface area contributed by atoms with Crippen molar-refractivity contribution in [1.82, 2.24) is 4.90 Å². The van der Waals surface area contributed by atoms with E-state index in [1.807, 2.05) is 6.08 Å². The number of allylic oxidation sites excluding steroid dienone is 1. The molecule has 0 bridgehead atoms. The van der Waals surface area contributed by atoms with Crippen LogP contribution in [0.3, 0.4) is 0 Å². The summed E-state index contributed by atoms with van der Waals surface area (Å²) in [5, 5.41) is 11.6. The molecule has 4 aliphatic rings. The minimum absolute atomic E-state index is 0.147. The first-order valence-corrected chi connectivity index (χ1v) is 18.3. The van der Waals surface area contributed by atoms with Gasteiger partial charge in [0.25, 0.3) is 0 Å². The standard InChI is InChI=1S/C31H52ClNO4Si/c1-23(11-14-27(34)21-25(32)15-18-37-38(5,6)30(2,3)4)28-10-8-17-31(28)16-7-9-26-13-12-24(22-33(26)31)29-35-19-20-36-29/h11-12,14,21,23,26-29,34H,7-10,13,15-20,22H2,1-6H3/b14-11+,25-21-/t23-,26+,27?,28+,31+/m0/s1. The number of nitrogens with zero attached hydrogens (tertiary/aromatic N) is 1. The van der Waals surface area contributed by atoms with Crippen molar-refractivity contribution in [2.45, 2.75) is 121 Å². The first kappa shape index (κ1) is 30.5. The van der Waals surface area contributed by atoms with Crippen LogP contribution in [-0.4, -0.2) is 68.7 Å². The number of hydrogen-bond acceptors (Lipinski definition) is 5. The van der Waals surface area contributed by atoms with E-state index in [0.717, 1.165) is 13.0 Å². The molecule has 3 aliphatic heterocycles. The monoisotopic (exact) mass is 565 g/mol. The van der Waals surface area contributed by atoms with Gasteiger partial charge in [-0.25, -0.2) is 0 Å². The van der Waals surface area contributed by atoms with Crippen molar-refractivity contribution in [3.8, 4) is 0 Å². The van der Waals surface area contributed by atoms with Gasteiger partial charge in [-0.15, -0.1) is 0 Å². The van der Waals surface area contributed by atoms with Crippen LogP contribution in [-0.2, 0) is 13.9 Å². The predicted molar refractivity (Wildman–Crippen MR) is 159 cm³/mol. The van der Waals surface area contributed by atoms with Gasteiger partial charge in [0, 0.05) is 36.2 Å². The Bertz CT molecular complexity index is 891. The second-order valence-electron chi connectivity index (χ2n) is 13.6. The molecule has 4 rings (SSSR count). The Labute approximate surface area is 237 Å². The Hall–Kier alpha value is -0.473. The van der Waals surface area contributed by atoms with Gasteiger partial charge in [-0.2, -0.15) is 0 Å². The summed E-state index contributed by atoms with van der Waals surface area (Å²) >= 11 is 6.49. The lowest BCUT2D eigenvalue weighted by atomic mass is 9.70. The molecule has 5 nitrogen and oxygen atoms in total. The van der Waals surface area contributed by atoms with E-state index in [0.29, 0.717) is 49.2 Å². The van der Waals surface area contributed by atoms with E-state index >= 15 is 0 Å². The van der Waals surface area contributed by atoms with Crippen molar-refractivity contribution < 1.29 is 19.0 Å². The average Bonchev–Trinajstić information content (AvgIpc) is 3.53. The smallest absolute Gasteiger partial charge is 0.191 e. The molecule has 0 amide bonds. The minimum atomic E-state index is -1.79. The zero-order valence-electron chi connectivity index (χ0n) is 24.7. The molecule has 1 aliphatic carbocycles. The molecule has 1 N–H and O–H groups in total. The molecular formula is C31H52ClNO4Si. The van der Waals surface area contributed by atoms with Gasteiger partial charge in [-0.05, 0) is 73.7 Å². The summed E-state index contributed by atoms with van der Waals surface area (Å²) in [6, 6.07) is 0.631. The van der Waals surface area contributed by atoms with Crippen molar-refractivity contribution in [3.05, 3.63) is 34.9 Å². The van der Waals surface area contributed by atoms with Crippen LogP contribution in [0.4, 0.5) is 0 Å². The number of ether oxygens (including phenoxy) is 2. The van der Waals surface area contributed by atoms with Gasteiger partial charge in [0.2, 0.25) is 0 Å². The Morgan fingerprint density at radius 1 is 1.21 bits per heavy atom. The third-order valence-corrected chi connectivity index (χ3v) is 15.0. The maximum absolute atomic E-state index is 10.7. The van der Waals surface area contributed by atoms with E-state index in [4.69, 9.17) is 25.5 Å². The minimum Gasteiger partial charge on any atom is -0.416 e. The first-order chi connectivity index (χ1) is 17.9. The van der Waals surface area contributed by atoms with Crippen LogP contribution in [0.2, 0.25) is 18.1 Å². The molecule has 7 heteroatoms. The molecule has 1 unspecified atom stereocenters. The molecule has 216 valence electrons. The largest absolute Gasteiger partial charge is 0.416 e. The highest BCUT2D eigenvalue weighted by Crippen LogP contribution is 2.52. The van der Waals surface area contributed by atoms with Gasteiger partial charge in [0.1, 0.15) is 0 Å².